The summed E-state index contributed by atoms with van der Waals surface area (Å²) in [6.45, 7) is 0. The number of nitrogens with two attached hydrogens (primary N) is 1. The molecule has 0 atom stereocenters. The molecule has 0 aliphatic rings. The molecule has 0 aliphatic carbocycles. The minimum Gasteiger partial charge on any atom is -0.406 e. The van der Waals surface area contributed by atoms with Crippen LogP contribution in [0.4, 0.5) is 24.7 Å². The maximum Gasteiger partial charge on any atom is 0.573 e. The van der Waals surface area contributed by atoms with E-state index in [2.05, 4.69) is 25.2 Å². The lowest BCUT2D eigenvalue weighted by atomic mass is 10.1. The fourth-order valence-electron chi connectivity index (χ4n) is 2.16. The zero-order valence-corrected chi connectivity index (χ0v) is 13.0. The van der Waals surface area contributed by atoms with E-state index in [1.165, 1.54) is 30.6 Å². The van der Waals surface area contributed by atoms with E-state index in [4.69, 9.17) is 5.73 Å². The van der Waals surface area contributed by atoms with Gasteiger partial charge in [0, 0.05) is 23.6 Å². The molecule has 0 unspecified atom stereocenters. The van der Waals surface area contributed by atoms with Crippen LogP contribution in [0.3, 0.4) is 0 Å². The van der Waals surface area contributed by atoms with Gasteiger partial charge in [0.05, 0.1) is 11.3 Å². The van der Waals surface area contributed by atoms with E-state index in [0.29, 0.717) is 16.9 Å². The van der Waals surface area contributed by atoms with Crippen molar-refractivity contribution in [2.75, 3.05) is 11.1 Å². The summed E-state index contributed by atoms with van der Waals surface area (Å²) in [5.41, 5.74) is 7.42. The standard InChI is InChI=1S/C16H12F3N5O2/c17-16(18,19)26-11-3-1-10(2-4-11)23-15(25)9-7-12(14(20)21-8-9)13-5-6-22-24-13/h1-8H,(H2,20,21)(H,22,24)(H,23,25). The number of alkyl halides is 3. The topological polar surface area (TPSA) is 106 Å². The number of nitrogens with one attached hydrogen (secondary N) is 2. The SMILES string of the molecule is Nc1ncc(C(=O)Nc2ccc(OC(F)(F)F)cc2)cc1-c1ccn[nH]1. The zero-order chi connectivity index (χ0) is 18.7. The predicted octanol–water partition coefficient (Wildman–Crippen LogP) is 3.20. The molecule has 26 heavy (non-hydrogen) atoms. The molecule has 0 bridgehead atoms. The van der Waals surface area contributed by atoms with Crippen molar-refractivity contribution in [2.45, 2.75) is 6.36 Å². The number of ether oxygens (including phenoxy) is 1. The number of hydrogen-bond donors (Lipinski definition) is 3. The predicted molar refractivity (Wildman–Crippen MR) is 87.3 cm³/mol. The van der Waals surface area contributed by atoms with Crippen molar-refractivity contribution in [3.8, 4) is 17.0 Å². The normalized spacial score (nSPS) is 11.2. The number of carbonyl (C=O) groups excluding carboxylic acids is 1. The van der Waals surface area contributed by atoms with Crippen LogP contribution in [0.15, 0.2) is 48.8 Å². The number of H-pyrrole nitrogens is 1. The fourth-order valence-corrected chi connectivity index (χ4v) is 2.16. The number of pyridine rings is 1. The molecule has 2 aromatic heterocycles. The first-order valence-corrected chi connectivity index (χ1v) is 7.24. The summed E-state index contributed by atoms with van der Waals surface area (Å²) in [6.07, 6.45) is -1.94. The molecule has 0 saturated heterocycles. The quantitative estimate of drug-likeness (QED) is 0.660. The van der Waals surface area contributed by atoms with E-state index >= 15 is 0 Å². The monoisotopic (exact) mass is 363 g/mol. The third-order valence-electron chi connectivity index (χ3n) is 3.32. The molecule has 2 heterocycles. The molecule has 4 N–H and O–H groups in total. The van der Waals surface area contributed by atoms with E-state index in [0.717, 1.165) is 12.1 Å². The van der Waals surface area contributed by atoms with Crippen LogP contribution in [0, 0.1) is 0 Å². The van der Waals surface area contributed by atoms with Crippen LogP contribution in [0.1, 0.15) is 10.4 Å². The van der Waals surface area contributed by atoms with Crippen LogP contribution in [-0.2, 0) is 0 Å². The van der Waals surface area contributed by atoms with Gasteiger partial charge in [-0.05, 0) is 36.4 Å². The molecule has 0 spiro atoms. The Morgan fingerprint density at radius 2 is 1.92 bits per heavy atom. The molecule has 1 amide bonds. The Hall–Kier alpha value is -3.56. The summed E-state index contributed by atoms with van der Waals surface area (Å²) in [4.78, 5) is 16.3. The first-order valence-electron chi connectivity index (χ1n) is 7.24. The third-order valence-corrected chi connectivity index (χ3v) is 3.32. The summed E-state index contributed by atoms with van der Waals surface area (Å²) in [7, 11) is 0. The van der Waals surface area contributed by atoms with E-state index < -0.39 is 12.3 Å². The average Bonchev–Trinajstić information content (AvgIpc) is 3.10. The summed E-state index contributed by atoms with van der Waals surface area (Å²) in [6, 6.07) is 7.99. The van der Waals surface area contributed by atoms with Gasteiger partial charge in [-0.25, -0.2) is 4.98 Å². The first kappa shape index (κ1) is 17.3. The molecular weight excluding hydrogens is 351 g/mol. The lowest BCUT2D eigenvalue weighted by Gasteiger charge is -2.10. The van der Waals surface area contributed by atoms with Gasteiger partial charge in [-0.2, -0.15) is 5.10 Å². The second kappa shape index (κ2) is 6.75. The molecule has 0 radical (unpaired) electrons. The minimum atomic E-state index is -4.77. The summed E-state index contributed by atoms with van der Waals surface area (Å²) < 4.78 is 40.2. The largest absolute Gasteiger partial charge is 0.573 e. The Morgan fingerprint density at radius 3 is 2.54 bits per heavy atom. The molecule has 0 saturated carbocycles. The lowest BCUT2D eigenvalue weighted by Crippen LogP contribution is -2.17. The number of amides is 1. The van der Waals surface area contributed by atoms with E-state index in [1.807, 2.05) is 0 Å². The van der Waals surface area contributed by atoms with Crippen molar-refractivity contribution in [1.82, 2.24) is 15.2 Å². The fraction of sp³-hybridized carbons (Fsp3) is 0.0625. The van der Waals surface area contributed by atoms with Crippen molar-refractivity contribution in [2.24, 2.45) is 0 Å². The van der Waals surface area contributed by atoms with Crippen LogP contribution in [0.2, 0.25) is 0 Å². The summed E-state index contributed by atoms with van der Waals surface area (Å²) in [5.74, 6) is -0.659. The minimum absolute atomic E-state index is 0.222. The first-order chi connectivity index (χ1) is 12.3. The number of anilines is 2. The zero-order valence-electron chi connectivity index (χ0n) is 13.0. The number of rotatable bonds is 4. The van der Waals surface area contributed by atoms with Gasteiger partial charge in [0.15, 0.2) is 0 Å². The molecule has 0 fully saturated rings. The maximum atomic E-state index is 12.3. The van der Waals surface area contributed by atoms with Gasteiger partial charge in [0.1, 0.15) is 11.6 Å². The van der Waals surface area contributed by atoms with E-state index in [1.54, 1.807) is 6.07 Å². The molecule has 1 aromatic carbocycles. The Bertz CT molecular complexity index is 909. The highest BCUT2D eigenvalue weighted by molar-refractivity contribution is 6.05. The number of aromatic amines is 1. The number of aromatic nitrogens is 3. The van der Waals surface area contributed by atoms with Gasteiger partial charge in [0.2, 0.25) is 0 Å². The summed E-state index contributed by atoms with van der Waals surface area (Å²) in [5, 5.41) is 9.10. The van der Waals surface area contributed by atoms with Gasteiger partial charge in [0.25, 0.3) is 5.91 Å². The Labute approximate surface area is 145 Å². The smallest absolute Gasteiger partial charge is 0.406 e. The van der Waals surface area contributed by atoms with Crippen molar-refractivity contribution in [1.29, 1.82) is 0 Å². The van der Waals surface area contributed by atoms with Gasteiger partial charge >= 0.3 is 6.36 Å². The Morgan fingerprint density at radius 1 is 1.19 bits per heavy atom. The summed E-state index contributed by atoms with van der Waals surface area (Å²) >= 11 is 0. The third kappa shape index (κ3) is 4.09. The number of halogens is 3. The second-order valence-electron chi connectivity index (χ2n) is 5.15. The highest BCUT2D eigenvalue weighted by Gasteiger charge is 2.30. The van der Waals surface area contributed by atoms with Crippen LogP contribution in [0.25, 0.3) is 11.3 Å². The maximum absolute atomic E-state index is 12.3. The molecule has 134 valence electrons. The number of nitrogen functional groups attached to an aromatic ring is 1. The number of nitrogens with zero attached hydrogens (tertiary/aromatic N) is 2. The van der Waals surface area contributed by atoms with Crippen LogP contribution in [0.5, 0.6) is 5.75 Å². The second-order valence-corrected chi connectivity index (χ2v) is 5.15. The van der Waals surface area contributed by atoms with E-state index in [9.17, 15) is 18.0 Å². The van der Waals surface area contributed by atoms with Crippen LogP contribution < -0.4 is 15.8 Å². The number of carbonyl (C=O) groups is 1. The van der Waals surface area contributed by atoms with Crippen molar-refractivity contribution in [3.05, 3.63) is 54.4 Å². The van der Waals surface area contributed by atoms with Gasteiger partial charge in [-0.15, -0.1) is 13.2 Å². The molecule has 0 aliphatic heterocycles. The molecule has 3 rings (SSSR count). The van der Waals surface area contributed by atoms with Gasteiger partial charge in [-0.3, -0.25) is 9.89 Å². The van der Waals surface area contributed by atoms with Crippen molar-refractivity contribution < 1.29 is 22.7 Å². The number of benzene rings is 1. The van der Waals surface area contributed by atoms with Crippen LogP contribution in [-0.4, -0.2) is 27.5 Å². The van der Waals surface area contributed by atoms with Crippen molar-refractivity contribution >= 4 is 17.4 Å². The highest BCUT2D eigenvalue weighted by atomic mass is 19.4. The van der Waals surface area contributed by atoms with Crippen molar-refractivity contribution in [3.63, 3.8) is 0 Å². The Balaban J connectivity index is 1.75. The average molecular weight is 363 g/mol. The lowest BCUT2D eigenvalue weighted by molar-refractivity contribution is -0.274. The van der Waals surface area contributed by atoms with Crippen LogP contribution >= 0.6 is 0 Å². The van der Waals surface area contributed by atoms with Gasteiger partial charge < -0.3 is 15.8 Å². The Kier molecular flexibility index (Phi) is 4.48. The highest BCUT2D eigenvalue weighted by Crippen LogP contribution is 2.25. The molecule has 7 nitrogen and oxygen atoms in total. The van der Waals surface area contributed by atoms with Gasteiger partial charge in [-0.1, -0.05) is 0 Å². The molecule has 3 aromatic rings. The molecule has 10 heteroatoms. The van der Waals surface area contributed by atoms with E-state index in [-0.39, 0.29) is 17.1 Å². The number of hydrogen-bond acceptors (Lipinski definition) is 5. The molecular formula is C16H12F3N5O2.